The van der Waals surface area contributed by atoms with Crippen LogP contribution in [0, 0.1) is 0 Å². The zero-order valence-corrected chi connectivity index (χ0v) is 29.5. The molecule has 0 saturated carbocycles. The van der Waals surface area contributed by atoms with Gasteiger partial charge in [0.25, 0.3) is 0 Å². The van der Waals surface area contributed by atoms with Crippen LogP contribution < -0.4 is 25.4 Å². The molecule has 4 N–H and O–H groups in total. The van der Waals surface area contributed by atoms with Crippen molar-refractivity contribution in [1.29, 1.82) is 0 Å². The second-order valence-electron chi connectivity index (χ2n) is 14.5. The fourth-order valence-electron chi connectivity index (χ4n) is 8.50. The highest BCUT2D eigenvalue weighted by atomic mass is 16.5. The van der Waals surface area contributed by atoms with Gasteiger partial charge < -0.3 is 24.5 Å². The van der Waals surface area contributed by atoms with E-state index in [9.17, 15) is 0 Å². The third kappa shape index (κ3) is 6.09. The maximum Gasteiger partial charge on any atom is 0.142 e. The first-order valence-corrected chi connectivity index (χ1v) is 18.3. The van der Waals surface area contributed by atoms with Gasteiger partial charge in [-0.2, -0.15) is 0 Å². The smallest absolute Gasteiger partial charge is 0.142 e. The molecular weight excluding hydrogens is 649 g/mol. The lowest BCUT2D eigenvalue weighted by molar-refractivity contribution is 0.145. The molecular formula is C41H44N10O. The van der Waals surface area contributed by atoms with Gasteiger partial charge in [-0.25, -0.2) is 19.9 Å². The van der Waals surface area contributed by atoms with Crippen LogP contribution >= 0.6 is 0 Å². The number of hydrazine groups is 1. The number of hydrogen-bond acceptors (Lipinski definition) is 9. The van der Waals surface area contributed by atoms with E-state index in [4.69, 9.17) is 14.7 Å². The second kappa shape index (κ2) is 13.6. The summed E-state index contributed by atoms with van der Waals surface area (Å²) in [5.74, 6) is 2.92. The number of methoxy groups -OCH3 is 1. The summed E-state index contributed by atoms with van der Waals surface area (Å²) in [4.78, 5) is 29.7. The number of para-hydroxylation sites is 1. The van der Waals surface area contributed by atoms with Crippen molar-refractivity contribution in [3.63, 3.8) is 0 Å². The minimum atomic E-state index is -0.220. The maximum atomic E-state index is 5.88. The number of H-pyrrole nitrogens is 2. The van der Waals surface area contributed by atoms with E-state index in [0.29, 0.717) is 0 Å². The van der Waals surface area contributed by atoms with Crippen LogP contribution in [0.15, 0.2) is 104 Å². The molecule has 0 atom stereocenters. The molecule has 2 fully saturated rings. The zero-order chi connectivity index (χ0) is 35.0. The number of aromatic amines is 2. The molecule has 0 bridgehead atoms. The fraction of sp³-hybridized carbons (Fsp3) is 0.317. The first-order valence-electron chi connectivity index (χ1n) is 18.3. The Morgan fingerprint density at radius 2 is 1.12 bits per heavy atom. The Labute approximate surface area is 302 Å². The molecule has 7 aromatic rings. The highest BCUT2D eigenvalue weighted by Crippen LogP contribution is 2.36. The largest absolute Gasteiger partial charge is 0.496 e. The van der Waals surface area contributed by atoms with E-state index in [2.05, 4.69) is 113 Å². The summed E-state index contributed by atoms with van der Waals surface area (Å²) in [6.07, 6.45) is 12.7. The third-order valence-electron chi connectivity index (χ3n) is 11.4. The van der Waals surface area contributed by atoms with E-state index < -0.39 is 0 Å². The number of ether oxygens (including phenoxy) is 1. The molecule has 11 nitrogen and oxygen atoms in total. The lowest BCUT2D eigenvalue weighted by atomic mass is 9.79. The van der Waals surface area contributed by atoms with Crippen LogP contribution in [0.1, 0.15) is 36.8 Å². The van der Waals surface area contributed by atoms with Gasteiger partial charge in [0.2, 0.25) is 0 Å². The quantitative estimate of drug-likeness (QED) is 0.122. The van der Waals surface area contributed by atoms with Gasteiger partial charge in [-0.05, 0) is 78.6 Å². The van der Waals surface area contributed by atoms with Gasteiger partial charge in [0.05, 0.1) is 17.9 Å². The second-order valence-corrected chi connectivity index (χ2v) is 14.5. The summed E-state index contributed by atoms with van der Waals surface area (Å²) < 4.78 is 5.88. The number of aromatic nitrogens is 6. The predicted molar refractivity (Wildman–Crippen MR) is 207 cm³/mol. The zero-order valence-electron chi connectivity index (χ0n) is 29.5. The number of nitrogens with one attached hydrogen (secondary N) is 4. The molecule has 52 heavy (non-hydrogen) atoms. The van der Waals surface area contributed by atoms with E-state index in [1.807, 2.05) is 18.5 Å². The Morgan fingerprint density at radius 1 is 0.596 bits per heavy atom. The van der Waals surface area contributed by atoms with Gasteiger partial charge in [0.1, 0.15) is 41.3 Å². The molecule has 0 spiro atoms. The highest BCUT2D eigenvalue weighted by Gasteiger charge is 2.41. The first kappa shape index (κ1) is 32.4. The molecule has 2 saturated heterocycles. The summed E-state index contributed by atoms with van der Waals surface area (Å²) in [6, 6.07) is 28.1. The number of nitrogens with zero attached hydrogens (tertiary/aromatic N) is 6. The van der Waals surface area contributed by atoms with E-state index in [0.717, 1.165) is 104 Å². The number of benzene rings is 3. The van der Waals surface area contributed by atoms with E-state index in [-0.39, 0.29) is 11.1 Å². The Balaban J connectivity index is 1.03. The van der Waals surface area contributed by atoms with Crippen molar-refractivity contribution in [1.82, 2.24) is 40.8 Å². The number of anilines is 2. The van der Waals surface area contributed by atoms with Crippen LogP contribution in [0.4, 0.5) is 11.6 Å². The van der Waals surface area contributed by atoms with E-state index >= 15 is 0 Å². The topological polar surface area (TPSA) is 123 Å². The molecule has 3 aromatic carbocycles. The predicted octanol–water partition coefficient (Wildman–Crippen LogP) is 6.35. The number of hydrogen-bond donors (Lipinski definition) is 4. The van der Waals surface area contributed by atoms with Crippen LogP contribution in [-0.2, 0) is 12.8 Å². The van der Waals surface area contributed by atoms with Crippen molar-refractivity contribution in [3.05, 3.63) is 115 Å². The van der Waals surface area contributed by atoms with Crippen molar-refractivity contribution in [2.75, 3.05) is 43.1 Å². The molecule has 0 aliphatic carbocycles. The Bertz CT molecular complexity index is 2310. The number of piperidine rings is 2. The van der Waals surface area contributed by atoms with Gasteiger partial charge in [-0.1, -0.05) is 60.7 Å². The minimum Gasteiger partial charge on any atom is -0.496 e. The molecule has 0 unspecified atom stereocenters. The van der Waals surface area contributed by atoms with E-state index in [1.54, 1.807) is 19.8 Å². The molecule has 6 heterocycles. The van der Waals surface area contributed by atoms with Crippen molar-refractivity contribution in [3.8, 4) is 5.75 Å². The molecule has 4 aromatic heterocycles. The Hall–Kier alpha value is -5.52. The standard InChI is InChI=1S/C41H44N10O/c1-52-35-12-5-3-8-31(35)26-41(17-23-51(24-18-41)39-34-14-20-43-37(34)45-28-47-39)49-48-40(25-30-10-6-9-29-7-2-4-11-32(29)30)15-21-50(22-16-40)38-33-13-19-42-36(33)44-27-46-38/h2-14,19-20,27-28,48-49H,15-18,21-26H2,1H3,(H,42,44,46)(H,43,45,47). The van der Waals surface area contributed by atoms with Gasteiger partial charge in [0.15, 0.2) is 0 Å². The molecule has 9 rings (SSSR count). The minimum absolute atomic E-state index is 0.195. The van der Waals surface area contributed by atoms with Crippen LogP contribution in [0.2, 0.25) is 0 Å². The van der Waals surface area contributed by atoms with Crippen molar-refractivity contribution >= 4 is 44.5 Å². The summed E-state index contributed by atoms with van der Waals surface area (Å²) >= 11 is 0. The summed E-state index contributed by atoms with van der Waals surface area (Å²) in [5, 5.41) is 4.72. The molecule has 11 heteroatoms. The lowest BCUT2D eigenvalue weighted by Gasteiger charge is -2.48. The molecule has 0 radical (unpaired) electrons. The third-order valence-corrected chi connectivity index (χ3v) is 11.4. The average Bonchev–Trinajstić information content (AvgIpc) is 3.89. The van der Waals surface area contributed by atoms with Crippen molar-refractivity contribution in [2.24, 2.45) is 0 Å². The molecule has 0 amide bonds. The number of rotatable bonds is 10. The van der Waals surface area contributed by atoms with Crippen LogP contribution in [0.25, 0.3) is 32.8 Å². The number of fused-ring (bicyclic) bond motifs is 3. The van der Waals surface area contributed by atoms with Crippen LogP contribution in [0.5, 0.6) is 5.75 Å². The van der Waals surface area contributed by atoms with Gasteiger partial charge in [-0.15, -0.1) is 0 Å². The normalized spacial score (nSPS) is 17.2. The van der Waals surface area contributed by atoms with E-state index in [1.165, 1.54) is 21.9 Å². The van der Waals surface area contributed by atoms with Crippen LogP contribution in [0.3, 0.4) is 0 Å². The van der Waals surface area contributed by atoms with Crippen LogP contribution in [-0.4, -0.2) is 74.3 Å². The van der Waals surface area contributed by atoms with Gasteiger partial charge >= 0.3 is 0 Å². The summed E-state index contributed by atoms with van der Waals surface area (Å²) in [6.45, 7) is 3.49. The Morgan fingerprint density at radius 3 is 1.73 bits per heavy atom. The fourth-order valence-corrected chi connectivity index (χ4v) is 8.50. The maximum absolute atomic E-state index is 5.88. The first-order chi connectivity index (χ1) is 25.6. The van der Waals surface area contributed by atoms with Crippen molar-refractivity contribution in [2.45, 2.75) is 49.6 Å². The average molecular weight is 693 g/mol. The SMILES string of the molecule is COc1ccccc1CC1(NNC2(Cc3cccc4ccccc34)CCN(c3ncnc4[nH]ccc34)CC2)CCN(c2ncnc3[nH]ccc23)CC1. The molecule has 2 aliphatic heterocycles. The van der Waals surface area contributed by atoms with Crippen molar-refractivity contribution < 1.29 is 4.74 Å². The Kier molecular flexibility index (Phi) is 8.44. The highest BCUT2D eigenvalue weighted by molar-refractivity contribution is 5.88. The lowest BCUT2D eigenvalue weighted by Crippen LogP contribution is -2.67. The van der Waals surface area contributed by atoms with Gasteiger partial charge in [-0.3, -0.25) is 10.9 Å². The van der Waals surface area contributed by atoms with Gasteiger partial charge in [0, 0.05) is 49.7 Å². The summed E-state index contributed by atoms with van der Waals surface area (Å²) in [5.41, 5.74) is 12.1. The molecule has 2 aliphatic rings. The molecule has 264 valence electrons. The summed E-state index contributed by atoms with van der Waals surface area (Å²) in [7, 11) is 1.77. The monoisotopic (exact) mass is 692 g/mol.